The molecule has 0 aliphatic carbocycles. The van der Waals surface area contributed by atoms with Gasteiger partial charge in [-0.3, -0.25) is 5.10 Å². The van der Waals surface area contributed by atoms with Gasteiger partial charge >= 0.3 is 0 Å². The number of para-hydroxylation sites is 1. The zero-order chi connectivity index (χ0) is 18.8. The van der Waals surface area contributed by atoms with Crippen molar-refractivity contribution >= 4 is 5.95 Å². The van der Waals surface area contributed by atoms with Gasteiger partial charge in [-0.15, -0.1) is 10.2 Å². The monoisotopic (exact) mass is 373 g/mol. The maximum Gasteiger partial charge on any atom is 0.245 e. The SMILES string of the molecule is c1ccc(-c2nc(-c3nc(N4CCOCC4)n[nH]3)nn2-c2ccccc2)cc1. The van der Waals surface area contributed by atoms with E-state index < -0.39 is 0 Å². The molecule has 3 heterocycles. The van der Waals surface area contributed by atoms with E-state index in [9.17, 15) is 0 Å². The first-order valence-electron chi connectivity index (χ1n) is 9.22. The predicted molar refractivity (Wildman–Crippen MR) is 105 cm³/mol. The highest BCUT2D eigenvalue weighted by Gasteiger charge is 2.20. The molecule has 28 heavy (non-hydrogen) atoms. The minimum Gasteiger partial charge on any atom is -0.378 e. The van der Waals surface area contributed by atoms with Crippen molar-refractivity contribution in [2.24, 2.45) is 0 Å². The number of rotatable bonds is 4. The summed E-state index contributed by atoms with van der Waals surface area (Å²) in [6.45, 7) is 2.92. The number of hydrogen-bond acceptors (Lipinski definition) is 6. The summed E-state index contributed by atoms with van der Waals surface area (Å²) in [5, 5.41) is 12.0. The number of nitrogens with one attached hydrogen (secondary N) is 1. The molecule has 1 N–H and O–H groups in total. The Kier molecular flexibility index (Phi) is 4.30. The number of ether oxygens (including phenoxy) is 1. The van der Waals surface area contributed by atoms with Crippen molar-refractivity contribution in [2.75, 3.05) is 31.2 Å². The maximum absolute atomic E-state index is 5.39. The highest BCUT2D eigenvalue weighted by atomic mass is 16.5. The number of morpholine rings is 1. The molecule has 0 unspecified atom stereocenters. The molecule has 2 aromatic carbocycles. The largest absolute Gasteiger partial charge is 0.378 e. The van der Waals surface area contributed by atoms with Crippen molar-refractivity contribution < 1.29 is 4.74 Å². The lowest BCUT2D eigenvalue weighted by molar-refractivity contribution is 0.122. The first-order chi connectivity index (χ1) is 13.9. The van der Waals surface area contributed by atoms with Crippen molar-refractivity contribution in [2.45, 2.75) is 0 Å². The average molecular weight is 373 g/mol. The van der Waals surface area contributed by atoms with Crippen LogP contribution in [0.2, 0.25) is 0 Å². The predicted octanol–water partition coefficient (Wildman–Crippen LogP) is 2.56. The van der Waals surface area contributed by atoms with Crippen LogP contribution in [0, 0.1) is 0 Å². The van der Waals surface area contributed by atoms with Gasteiger partial charge in [0, 0.05) is 18.7 Å². The van der Waals surface area contributed by atoms with Crippen molar-refractivity contribution in [3.8, 4) is 28.7 Å². The number of H-pyrrole nitrogens is 1. The highest BCUT2D eigenvalue weighted by molar-refractivity contribution is 5.61. The van der Waals surface area contributed by atoms with E-state index in [2.05, 4.69) is 20.1 Å². The molecular weight excluding hydrogens is 354 g/mol. The summed E-state index contributed by atoms with van der Waals surface area (Å²) in [6.07, 6.45) is 0. The maximum atomic E-state index is 5.39. The Hall–Kier alpha value is -3.52. The number of nitrogens with zero attached hydrogens (tertiary/aromatic N) is 6. The molecule has 4 aromatic rings. The Balaban J connectivity index is 1.56. The summed E-state index contributed by atoms with van der Waals surface area (Å²) >= 11 is 0. The molecule has 0 bridgehead atoms. The molecule has 0 atom stereocenters. The quantitative estimate of drug-likeness (QED) is 0.592. The topological polar surface area (TPSA) is 84.8 Å². The molecule has 0 saturated carbocycles. The van der Waals surface area contributed by atoms with Crippen LogP contribution in [-0.4, -0.2) is 56.2 Å². The third-order valence-corrected chi connectivity index (χ3v) is 4.62. The van der Waals surface area contributed by atoms with Gasteiger partial charge in [-0.2, -0.15) is 4.98 Å². The molecule has 0 radical (unpaired) electrons. The lowest BCUT2D eigenvalue weighted by atomic mass is 10.2. The summed E-state index contributed by atoms with van der Waals surface area (Å²) in [6, 6.07) is 20.0. The first-order valence-corrected chi connectivity index (χ1v) is 9.22. The summed E-state index contributed by atoms with van der Waals surface area (Å²) in [5.41, 5.74) is 1.92. The van der Waals surface area contributed by atoms with Crippen molar-refractivity contribution in [3.63, 3.8) is 0 Å². The Morgan fingerprint density at radius 2 is 1.57 bits per heavy atom. The van der Waals surface area contributed by atoms with Crippen molar-refractivity contribution in [1.82, 2.24) is 29.9 Å². The zero-order valence-electron chi connectivity index (χ0n) is 15.2. The van der Waals surface area contributed by atoms with E-state index in [4.69, 9.17) is 14.8 Å². The lowest BCUT2D eigenvalue weighted by Gasteiger charge is -2.25. The number of anilines is 1. The smallest absolute Gasteiger partial charge is 0.245 e. The molecule has 1 fully saturated rings. The molecule has 1 aliphatic heterocycles. The normalized spacial score (nSPS) is 14.4. The second-order valence-electron chi connectivity index (χ2n) is 6.46. The van der Waals surface area contributed by atoms with Gasteiger partial charge in [-0.05, 0) is 12.1 Å². The van der Waals surface area contributed by atoms with E-state index in [0.29, 0.717) is 30.8 Å². The van der Waals surface area contributed by atoms with Crippen molar-refractivity contribution in [3.05, 3.63) is 60.7 Å². The van der Waals surface area contributed by atoms with E-state index in [1.165, 1.54) is 0 Å². The number of benzene rings is 2. The van der Waals surface area contributed by atoms with E-state index in [1.807, 2.05) is 65.3 Å². The van der Waals surface area contributed by atoms with Crippen LogP contribution in [0.15, 0.2) is 60.7 Å². The van der Waals surface area contributed by atoms with Gasteiger partial charge in [0.1, 0.15) is 0 Å². The Bertz CT molecular complexity index is 996. The first kappa shape index (κ1) is 16.6. The van der Waals surface area contributed by atoms with Gasteiger partial charge in [-0.1, -0.05) is 48.5 Å². The summed E-state index contributed by atoms with van der Waals surface area (Å²) < 4.78 is 7.23. The highest BCUT2D eigenvalue weighted by Crippen LogP contribution is 2.24. The van der Waals surface area contributed by atoms with Gasteiger partial charge < -0.3 is 9.64 Å². The van der Waals surface area contributed by atoms with Crippen LogP contribution < -0.4 is 4.90 Å². The van der Waals surface area contributed by atoms with Crippen molar-refractivity contribution in [1.29, 1.82) is 0 Å². The summed E-state index contributed by atoms with van der Waals surface area (Å²) in [7, 11) is 0. The van der Waals surface area contributed by atoms with Gasteiger partial charge in [0.15, 0.2) is 11.6 Å². The molecule has 5 rings (SSSR count). The Labute approximate surface area is 161 Å². The minimum atomic E-state index is 0.509. The third-order valence-electron chi connectivity index (χ3n) is 4.62. The minimum absolute atomic E-state index is 0.509. The standard InChI is InChI=1S/C20H19N7O/c1-3-7-15(8-4-1)19-21-18(25-27(19)16-9-5-2-6-10-16)17-22-20(24-23-17)26-11-13-28-14-12-26/h1-10H,11-14H2,(H,22,23,24). The molecular formula is C20H19N7O. The van der Waals surface area contributed by atoms with Crippen LogP contribution in [-0.2, 0) is 4.74 Å². The molecule has 1 aliphatic rings. The van der Waals surface area contributed by atoms with Crippen LogP contribution in [0.1, 0.15) is 0 Å². The van der Waals surface area contributed by atoms with E-state index in [-0.39, 0.29) is 0 Å². The van der Waals surface area contributed by atoms with Crippen LogP contribution in [0.5, 0.6) is 0 Å². The number of aromatic amines is 1. The van der Waals surface area contributed by atoms with Gasteiger partial charge in [-0.25, -0.2) is 9.67 Å². The number of hydrogen-bond donors (Lipinski definition) is 1. The molecule has 140 valence electrons. The van der Waals surface area contributed by atoms with Gasteiger partial charge in [0.2, 0.25) is 11.8 Å². The molecule has 2 aromatic heterocycles. The molecule has 0 spiro atoms. The van der Waals surface area contributed by atoms with E-state index in [1.54, 1.807) is 0 Å². The lowest BCUT2D eigenvalue weighted by Crippen LogP contribution is -2.36. The fourth-order valence-corrected chi connectivity index (χ4v) is 3.19. The molecule has 1 saturated heterocycles. The molecule has 8 heteroatoms. The van der Waals surface area contributed by atoms with E-state index in [0.717, 1.165) is 30.2 Å². The molecule has 8 nitrogen and oxygen atoms in total. The Morgan fingerprint density at radius 3 is 2.32 bits per heavy atom. The fraction of sp³-hybridized carbons (Fsp3) is 0.200. The number of aromatic nitrogens is 6. The van der Waals surface area contributed by atoms with Gasteiger partial charge in [0.05, 0.1) is 18.9 Å². The second kappa shape index (κ2) is 7.24. The van der Waals surface area contributed by atoms with Crippen LogP contribution in [0.3, 0.4) is 0 Å². The van der Waals surface area contributed by atoms with Crippen LogP contribution in [0.25, 0.3) is 28.7 Å². The second-order valence-corrected chi connectivity index (χ2v) is 6.46. The van der Waals surface area contributed by atoms with E-state index >= 15 is 0 Å². The van der Waals surface area contributed by atoms with Crippen LogP contribution in [0.4, 0.5) is 5.95 Å². The fourth-order valence-electron chi connectivity index (χ4n) is 3.19. The molecule has 0 amide bonds. The van der Waals surface area contributed by atoms with Gasteiger partial charge in [0.25, 0.3) is 0 Å². The third kappa shape index (κ3) is 3.14. The summed E-state index contributed by atoms with van der Waals surface area (Å²) in [4.78, 5) is 11.5. The summed E-state index contributed by atoms with van der Waals surface area (Å²) in [5.74, 6) is 2.46. The van der Waals surface area contributed by atoms with Crippen LogP contribution >= 0.6 is 0 Å². The average Bonchev–Trinajstić information content (AvgIpc) is 3.43. The zero-order valence-corrected chi connectivity index (χ0v) is 15.2. The Morgan fingerprint density at radius 1 is 0.857 bits per heavy atom.